The summed E-state index contributed by atoms with van der Waals surface area (Å²) in [5, 5.41) is 10.7. The Kier molecular flexibility index (Phi) is 6.12. The van der Waals surface area contributed by atoms with Gasteiger partial charge in [0.2, 0.25) is 10.0 Å². The molecule has 2 aromatic carbocycles. The van der Waals surface area contributed by atoms with E-state index in [1.807, 2.05) is 26.0 Å². The van der Waals surface area contributed by atoms with E-state index >= 15 is 0 Å². The van der Waals surface area contributed by atoms with E-state index < -0.39 is 14.9 Å². The second-order valence-corrected chi connectivity index (χ2v) is 9.09. The van der Waals surface area contributed by atoms with Crippen LogP contribution >= 0.6 is 0 Å². The molecule has 1 aliphatic heterocycles. The van der Waals surface area contributed by atoms with Crippen molar-refractivity contribution in [3.05, 3.63) is 69.3 Å². The van der Waals surface area contributed by atoms with Gasteiger partial charge >= 0.3 is 0 Å². The van der Waals surface area contributed by atoms with E-state index in [9.17, 15) is 18.5 Å². The lowest BCUT2D eigenvalue weighted by Gasteiger charge is -2.34. The van der Waals surface area contributed by atoms with Crippen molar-refractivity contribution in [2.75, 3.05) is 32.7 Å². The van der Waals surface area contributed by atoms with Gasteiger partial charge < -0.3 is 4.90 Å². The summed E-state index contributed by atoms with van der Waals surface area (Å²) in [7, 11) is -3.48. The Morgan fingerprint density at radius 1 is 1.00 bits per heavy atom. The maximum atomic E-state index is 13.0. The molecule has 0 spiro atoms. The van der Waals surface area contributed by atoms with E-state index in [0.717, 1.165) is 29.7 Å². The van der Waals surface area contributed by atoms with Gasteiger partial charge in [0, 0.05) is 44.9 Å². The fraction of sp³-hybridized carbons (Fsp3) is 0.400. The molecular weight excluding hydrogens is 378 g/mol. The molecule has 150 valence electrons. The topological polar surface area (TPSA) is 83.8 Å². The lowest BCUT2D eigenvalue weighted by atomic mass is 10.1. The third-order valence-electron chi connectivity index (χ3n) is 5.16. The highest BCUT2D eigenvalue weighted by Gasteiger charge is 2.29. The molecule has 1 saturated heterocycles. The number of hydrogen-bond acceptors (Lipinski definition) is 5. The van der Waals surface area contributed by atoms with Crippen molar-refractivity contribution in [3.8, 4) is 0 Å². The normalized spacial score (nSPS) is 16.2. The molecule has 3 rings (SSSR count). The monoisotopic (exact) mass is 403 g/mol. The third-order valence-corrected chi connectivity index (χ3v) is 7.20. The Hall–Kier alpha value is -2.29. The van der Waals surface area contributed by atoms with E-state index in [-0.39, 0.29) is 5.69 Å². The van der Waals surface area contributed by atoms with Crippen molar-refractivity contribution in [3.63, 3.8) is 0 Å². The minimum Gasteiger partial charge on any atom is -0.300 e. The van der Waals surface area contributed by atoms with Gasteiger partial charge in [-0.15, -0.1) is 0 Å². The molecule has 0 aliphatic carbocycles. The quantitative estimate of drug-likeness (QED) is 0.547. The number of piperazine rings is 1. The fourth-order valence-electron chi connectivity index (χ4n) is 3.39. The molecule has 0 aromatic heterocycles. The number of nitro groups is 1. The van der Waals surface area contributed by atoms with E-state index in [1.54, 1.807) is 22.5 Å². The Morgan fingerprint density at radius 2 is 1.64 bits per heavy atom. The van der Waals surface area contributed by atoms with Crippen molar-refractivity contribution in [1.29, 1.82) is 0 Å². The molecule has 0 radical (unpaired) electrons. The molecule has 0 N–H and O–H groups in total. The zero-order valence-electron chi connectivity index (χ0n) is 16.2. The zero-order chi connectivity index (χ0) is 20.3. The van der Waals surface area contributed by atoms with Gasteiger partial charge in [-0.1, -0.05) is 24.3 Å². The summed E-state index contributed by atoms with van der Waals surface area (Å²) in [4.78, 5) is 12.9. The van der Waals surface area contributed by atoms with Crippen molar-refractivity contribution in [1.82, 2.24) is 9.21 Å². The molecule has 0 saturated carbocycles. The van der Waals surface area contributed by atoms with Crippen LogP contribution in [0.5, 0.6) is 0 Å². The molecule has 7 nitrogen and oxygen atoms in total. The molecule has 0 unspecified atom stereocenters. The first kappa shape index (κ1) is 20.4. The lowest BCUT2D eigenvalue weighted by molar-refractivity contribution is -0.384. The lowest BCUT2D eigenvalue weighted by Crippen LogP contribution is -2.49. The molecule has 2 aromatic rings. The van der Waals surface area contributed by atoms with Gasteiger partial charge in [0.1, 0.15) is 0 Å². The van der Waals surface area contributed by atoms with E-state index in [1.165, 1.54) is 12.1 Å². The van der Waals surface area contributed by atoms with Gasteiger partial charge in [-0.2, -0.15) is 4.31 Å². The molecule has 0 bridgehead atoms. The predicted molar refractivity (Wildman–Crippen MR) is 108 cm³/mol. The number of rotatable bonds is 6. The van der Waals surface area contributed by atoms with Crippen molar-refractivity contribution >= 4 is 15.7 Å². The second-order valence-electron chi connectivity index (χ2n) is 7.19. The van der Waals surface area contributed by atoms with Crippen LogP contribution in [0.15, 0.2) is 47.4 Å². The minimum absolute atomic E-state index is 0.0917. The van der Waals surface area contributed by atoms with Gasteiger partial charge in [0.15, 0.2) is 0 Å². The first-order valence-corrected chi connectivity index (χ1v) is 10.7. The SMILES string of the molecule is Cc1ccc(C)c(S(=O)(=O)N2CCN(CCc3ccc([N+](=O)[O-])cc3)CC2)c1. The summed E-state index contributed by atoms with van der Waals surface area (Å²) in [6.45, 7) is 6.82. The Bertz CT molecular complexity index is 950. The number of aryl methyl sites for hydroxylation is 2. The van der Waals surface area contributed by atoms with Crippen LogP contribution in [-0.4, -0.2) is 55.3 Å². The summed E-state index contributed by atoms with van der Waals surface area (Å²) in [5.74, 6) is 0. The number of hydrogen-bond donors (Lipinski definition) is 0. The fourth-order valence-corrected chi connectivity index (χ4v) is 5.12. The van der Waals surface area contributed by atoms with E-state index in [4.69, 9.17) is 0 Å². The second kappa shape index (κ2) is 8.38. The van der Waals surface area contributed by atoms with Crippen LogP contribution in [0, 0.1) is 24.0 Å². The van der Waals surface area contributed by atoms with Crippen LogP contribution < -0.4 is 0 Å². The molecule has 1 fully saturated rings. The molecule has 8 heteroatoms. The molecule has 1 aliphatic rings. The number of nitrogens with zero attached hydrogens (tertiary/aromatic N) is 3. The number of sulfonamides is 1. The highest BCUT2D eigenvalue weighted by atomic mass is 32.2. The first-order chi connectivity index (χ1) is 13.3. The van der Waals surface area contributed by atoms with Gasteiger partial charge in [-0.25, -0.2) is 8.42 Å². The van der Waals surface area contributed by atoms with Gasteiger partial charge in [0.05, 0.1) is 9.82 Å². The molecule has 1 heterocycles. The van der Waals surface area contributed by atoms with Crippen LogP contribution in [-0.2, 0) is 16.4 Å². The Labute approximate surface area is 165 Å². The maximum absolute atomic E-state index is 13.0. The third kappa shape index (κ3) is 4.57. The van der Waals surface area contributed by atoms with Crippen molar-refractivity contribution in [2.24, 2.45) is 0 Å². The van der Waals surface area contributed by atoms with Crippen LogP contribution in [0.25, 0.3) is 0 Å². The van der Waals surface area contributed by atoms with E-state index in [0.29, 0.717) is 31.1 Å². The minimum atomic E-state index is -3.48. The average Bonchev–Trinajstić information content (AvgIpc) is 2.68. The summed E-state index contributed by atoms with van der Waals surface area (Å²) in [6.07, 6.45) is 0.779. The van der Waals surface area contributed by atoms with Crippen molar-refractivity contribution in [2.45, 2.75) is 25.2 Å². The van der Waals surface area contributed by atoms with Crippen molar-refractivity contribution < 1.29 is 13.3 Å². The summed E-state index contributed by atoms with van der Waals surface area (Å²) in [6, 6.07) is 12.1. The zero-order valence-corrected chi connectivity index (χ0v) is 17.0. The smallest absolute Gasteiger partial charge is 0.269 e. The molecule has 0 atom stereocenters. The van der Waals surface area contributed by atoms with Gasteiger partial charge in [0.25, 0.3) is 5.69 Å². The number of benzene rings is 2. The molecular formula is C20H25N3O4S. The van der Waals surface area contributed by atoms with E-state index in [2.05, 4.69) is 4.90 Å². The summed E-state index contributed by atoms with van der Waals surface area (Å²) in [5.41, 5.74) is 2.84. The van der Waals surface area contributed by atoms with Gasteiger partial charge in [-0.3, -0.25) is 10.1 Å². The maximum Gasteiger partial charge on any atom is 0.269 e. The Morgan fingerprint density at radius 3 is 2.25 bits per heavy atom. The summed E-state index contributed by atoms with van der Waals surface area (Å²) < 4.78 is 27.5. The average molecular weight is 404 g/mol. The number of nitro benzene ring substituents is 1. The van der Waals surface area contributed by atoms with Crippen LogP contribution in [0.4, 0.5) is 5.69 Å². The molecule has 28 heavy (non-hydrogen) atoms. The summed E-state index contributed by atoms with van der Waals surface area (Å²) >= 11 is 0. The standard InChI is InChI=1S/C20H25N3O4S/c1-16-3-4-17(2)20(15-16)28(26,27)22-13-11-21(12-14-22)10-9-18-5-7-19(8-6-18)23(24)25/h3-8,15H,9-14H2,1-2H3. The Balaban J connectivity index is 1.56. The molecule has 0 amide bonds. The van der Waals surface area contributed by atoms with Crippen LogP contribution in [0.3, 0.4) is 0 Å². The van der Waals surface area contributed by atoms with Crippen LogP contribution in [0.1, 0.15) is 16.7 Å². The van der Waals surface area contributed by atoms with Gasteiger partial charge in [-0.05, 0) is 43.0 Å². The largest absolute Gasteiger partial charge is 0.300 e. The first-order valence-electron chi connectivity index (χ1n) is 9.30. The van der Waals surface area contributed by atoms with Crippen LogP contribution in [0.2, 0.25) is 0 Å². The number of non-ortho nitro benzene ring substituents is 1. The predicted octanol–water partition coefficient (Wildman–Crippen LogP) is 2.76. The highest BCUT2D eigenvalue weighted by Crippen LogP contribution is 2.22. The highest BCUT2D eigenvalue weighted by molar-refractivity contribution is 7.89.